The molecule has 0 aliphatic rings. The van der Waals surface area contributed by atoms with Crippen LogP contribution in [-0.2, 0) is 0 Å². The molecule has 0 fully saturated rings. The first-order valence-corrected chi connectivity index (χ1v) is 19.7. The van der Waals surface area contributed by atoms with Crippen molar-refractivity contribution in [2.24, 2.45) is 0 Å². The lowest BCUT2D eigenvalue weighted by molar-refractivity contribution is -0.577. The average molecular weight is 802 g/mol. The monoisotopic (exact) mass is 802 g/mol. The Morgan fingerprint density at radius 3 is 1.49 bits per heavy atom. The maximum Gasteiger partial charge on any atom is 0.223 e. The molecule has 8 aromatic rings. The Morgan fingerprint density at radius 2 is 0.898 bits per heavy atom. The predicted octanol–water partition coefficient (Wildman–Crippen LogP) is 16.2. The first-order chi connectivity index (χ1) is 26.7. The number of benzene rings is 4. The zero-order chi connectivity index (χ0) is 41.3. The minimum absolute atomic E-state index is 0. The van der Waals surface area contributed by atoms with E-state index >= 15 is 0 Å². The number of aromatic nitrogens is 4. The quantitative estimate of drug-likeness (QED) is 0.122. The van der Waals surface area contributed by atoms with E-state index in [0.29, 0.717) is 0 Å². The van der Waals surface area contributed by atoms with Crippen molar-refractivity contribution in [2.45, 2.75) is 119 Å². The molecular formula is C53H79N5O. The van der Waals surface area contributed by atoms with Gasteiger partial charge in [0.15, 0.2) is 6.20 Å². The minimum atomic E-state index is 0. The first kappa shape index (κ1) is 60.0. The van der Waals surface area contributed by atoms with Crippen LogP contribution in [0.15, 0.2) is 134 Å². The molecule has 322 valence electrons. The van der Waals surface area contributed by atoms with Crippen LogP contribution in [0.1, 0.15) is 111 Å². The van der Waals surface area contributed by atoms with Gasteiger partial charge < -0.3 is 11.4 Å². The van der Waals surface area contributed by atoms with E-state index in [-0.39, 0.29) is 28.4 Å². The van der Waals surface area contributed by atoms with Gasteiger partial charge in [-0.3, -0.25) is 15.0 Å². The summed E-state index contributed by atoms with van der Waals surface area (Å²) in [5.74, 6) is 0. The maximum absolute atomic E-state index is 11.2. The zero-order valence-electron chi connectivity index (χ0n) is 36.6. The van der Waals surface area contributed by atoms with Crippen molar-refractivity contribution in [3.63, 3.8) is 0 Å². The summed E-state index contributed by atoms with van der Waals surface area (Å²) in [5, 5.41) is 15.9. The Morgan fingerprint density at radius 1 is 0.441 bits per heavy atom. The summed E-state index contributed by atoms with van der Waals surface area (Å²) >= 11 is 0. The van der Waals surface area contributed by atoms with E-state index in [9.17, 15) is 5.21 Å². The van der Waals surface area contributed by atoms with Gasteiger partial charge >= 0.3 is 0 Å². The number of nitrogens with zero attached hydrogens (tertiary/aromatic N) is 4. The van der Waals surface area contributed by atoms with E-state index in [1.165, 1.54) is 50.2 Å². The van der Waals surface area contributed by atoms with Crippen LogP contribution in [0, 0.1) is 46.7 Å². The zero-order valence-corrected chi connectivity index (χ0v) is 36.6. The Bertz CT molecular complexity index is 2250. The summed E-state index contributed by atoms with van der Waals surface area (Å²) in [5.41, 5.74) is 11.4. The summed E-state index contributed by atoms with van der Waals surface area (Å²) in [6.07, 6.45) is 5.18. The normalized spacial score (nSPS) is 8.71. The van der Waals surface area contributed by atoms with Gasteiger partial charge in [-0.25, -0.2) is 0 Å². The van der Waals surface area contributed by atoms with Crippen LogP contribution in [-0.4, -0.2) is 15.0 Å². The molecule has 8 rings (SSSR count). The third-order valence-corrected chi connectivity index (χ3v) is 7.78. The fourth-order valence-corrected chi connectivity index (χ4v) is 5.25. The van der Waals surface area contributed by atoms with E-state index in [2.05, 4.69) is 103 Å². The molecule has 6 nitrogen and oxygen atoms in total. The summed E-state index contributed by atoms with van der Waals surface area (Å²) in [7, 11) is 0. The fourth-order valence-electron chi connectivity index (χ4n) is 5.25. The van der Waals surface area contributed by atoms with Crippen molar-refractivity contribution < 1.29 is 4.73 Å². The van der Waals surface area contributed by atoms with Crippen LogP contribution in [0.25, 0.3) is 43.6 Å². The molecule has 0 unspecified atom stereocenters. The molecule has 0 aliphatic carbocycles. The SMILES string of the molecule is C.C.C.CC.CC.CC.CC.Cc1ccc2c(ccc[n+]2[O-])c1.Cc1ccc2nc(C)ccc2c1.Cc1ccc2nccc(C)c2c1.Cc1ccc2ncccc2c1.N. The number of hydrogen-bond acceptors (Lipinski definition) is 5. The first-order valence-electron chi connectivity index (χ1n) is 19.7. The molecule has 0 saturated heterocycles. The Labute approximate surface area is 360 Å². The van der Waals surface area contributed by atoms with Crippen LogP contribution >= 0.6 is 0 Å². The van der Waals surface area contributed by atoms with Crippen molar-refractivity contribution in [2.75, 3.05) is 0 Å². The minimum Gasteiger partial charge on any atom is -0.618 e. The molecule has 4 heterocycles. The summed E-state index contributed by atoms with van der Waals surface area (Å²) in [6, 6.07) is 38.6. The molecule has 4 aromatic carbocycles. The van der Waals surface area contributed by atoms with Crippen LogP contribution < -0.4 is 10.9 Å². The van der Waals surface area contributed by atoms with Gasteiger partial charge in [-0.05, 0) is 114 Å². The van der Waals surface area contributed by atoms with Crippen molar-refractivity contribution >= 4 is 43.6 Å². The number of pyridine rings is 4. The second kappa shape index (κ2) is 33.3. The average Bonchev–Trinajstić information content (AvgIpc) is 3.22. The van der Waals surface area contributed by atoms with Crippen molar-refractivity contribution in [3.8, 4) is 0 Å². The summed E-state index contributed by atoms with van der Waals surface area (Å²) in [4.78, 5) is 12.9. The van der Waals surface area contributed by atoms with Gasteiger partial charge in [0.2, 0.25) is 5.52 Å². The van der Waals surface area contributed by atoms with Gasteiger partial charge in [0.1, 0.15) is 0 Å². The number of rotatable bonds is 0. The number of hydrogen-bond donors (Lipinski definition) is 1. The van der Waals surface area contributed by atoms with Gasteiger partial charge in [-0.1, -0.05) is 136 Å². The molecule has 0 saturated carbocycles. The second-order valence-corrected chi connectivity index (χ2v) is 11.9. The largest absolute Gasteiger partial charge is 0.618 e. The standard InChI is InChI=1S/2C11H11N.C10H9NO.C10H9N.4C2H6.3CH4.H3N/c1-8-3-6-11-10(7-8)5-4-9(2)12-11;1-8-3-4-11-10(7-8)9(2)5-6-12-11;1-8-4-5-10-9(7-8)3-2-6-11(10)12;1-8-4-5-10-9(7-8)3-2-6-11-10;4*1-2;;;;/h2*3-7H,1-2H3;2-7H,1H3;2-7H,1H3;4*1-2H3;3*1H4;1H3. The molecule has 0 amide bonds. The Hall–Kier alpha value is -5.72. The molecule has 4 aromatic heterocycles. The molecule has 0 bridgehead atoms. The van der Waals surface area contributed by atoms with E-state index in [1.54, 1.807) is 6.07 Å². The van der Waals surface area contributed by atoms with Gasteiger partial charge in [-0.2, -0.15) is 4.73 Å². The molecule has 0 aliphatic heterocycles. The molecule has 0 spiro atoms. The maximum atomic E-state index is 11.2. The molecule has 59 heavy (non-hydrogen) atoms. The lowest BCUT2D eigenvalue weighted by atomic mass is 10.1. The fraction of sp³-hybridized carbons (Fsp3) is 0.321. The van der Waals surface area contributed by atoms with Gasteiger partial charge in [-0.15, -0.1) is 0 Å². The third kappa shape index (κ3) is 19.5. The van der Waals surface area contributed by atoms with E-state index in [0.717, 1.165) is 37.9 Å². The molecule has 0 radical (unpaired) electrons. The predicted molar refractivity (Wildman–Crippen MR) is 267 cm³/mol. The van der Waals surface area contributed by atoms with Crippen molar-refractivity contribution in [1.82, 2.24) is 21.1 Å². The van der Waals surface area contributed by atoms with Crippen LogP contribution in [0.3, 0.4) is 0 Å². The summed E-state index contributed by atoms with van der Waals surface area (Å²) in [6.45, 7) is 28.4. The van der Waals surface area contributed by atoms with E-state index < -0.39 is 0 Å². The smallest absolute Gasteiger partial charge is 0.223 e. The topological polar surface area (TPSA) is 101 Å². The van der Waals surface area contributed by atoms with Crippen molar-refractivity contribution in [3.05, 3.63) is 173 Å². The lowest BCUT2D eigenvalue weighted by Crippen LogP contribution is -2.25. The van der Waals surface area contributed by atoms with Crippen LogP contribution in [0.2, 0.25) is 0 Å². The molecule has 0 atom stereocenters. The van der Waals surface area contributed by atoms with Crippen molar-refractivity contribution in [1.29, 1.82) is 0 Å². The summed E-state index contributed by atoms with van der Waals surface area (Å²) < 4.78 is 0.884. The highest BCUT2D eigenvalue weighted by atomic mass is 16.5. The Kier molecular flexibility index (Phi) is 33.8. The van der Waals surface area contributed by atoms with Gasteiger partial charge in [0.25, 0.3) is 0 Å². The lowest BCUT2D eigenvalue weighted by Gasteiger charge is -2.00. The highest BCUT2D eigenvalue weighted by Gasteiger charge is 2.01. The van der Waals surface area contributed by atoms with Gasteiger partial charge in [0, 0.05) is 51.8 Å². The van der Waals surface area contributed by atoms with E-state index in [4.69, 9.17) is 0 Å². The number of fused-ring (bicyclic) bond motifs is 4. The number of aryl methyl sites for hydroxylation is 6. The molecular weight excluding hydrogens is 723 g/mol. The second-order valence-electron chi connectivity index (χ2n) is 11.9. The third-order valence-electron chi connectivity index (χ3n) is 7.78. The van der Waals surface area contributed by atoms with Crippen LogP contribution in [0.5, 0.6) is 0 Å². The molecule has 3 N–H and O–H groups in total. The van der Waals surface area contributed by atoms with E-state index in [1.807, 2.05) is 130 Å². The van der Waals surface area contributed by atoms with Crippen LogP contribution in [0.4, 0.5) is 0 Å². The molecule has 6 heteroatoms. The van der Waals surface area contributed by atoms with Gasteiger partial charge in [0.05, 0.1) is 16.6 Å². The highest BCUT2D eigenvalue weighted by molar-refractivity contribution is 5.82. The highest BCUT2D eigenvalue weighted by Crippen LogP contribution is 2.17. The Balaban J connectivity index is -0.000000316.